The Hall–Kier alpha value is -3.97. The number of rotatable bonds is 9. The van der Waals surface area contributed by atoms with Crippen molar-refractivity contribution in [1.29, 1.82) is 0 Å². The quantitative estimate of drug-likeness (QED) is 0.202. The molecule has 0 saturated heterocycles. The number of aromatic nitrogens is 1. The fourth-order valence-corrected chi connectivity index (χ4v) is 5.76. The van der Waals surface area contributed by atoms with Crippen molar-refractivity contribution in [2.75, 3.05) is 27.4 Å². The number of benzene rings is 2. The Labute approximate surface area is 234 Å². The van der Waals surface area contributed by atoms with E-state index in [-0.39, 0.29) is 21.5 Å². The van der Waals surface area contributed by atoms with Gasteiger partial charge in [-0.3, -0.25) is 19.5 Å². The van der Waals surface area contributed by atoms with Gasteiger partial charge in [-0.05, 0) is 65.2 Å². The maximum atomic E-state index is 13.7. The van der Waals surface area contributed by atoms with Gasteiger partial charge in [0.05, 0.1) is 53.0 Å². The van der Waals surface area contributed by atoms with Crippen LogP contribution in [0.5, 0.6) is 17.2 Å². The highest BCUT2D eigenvalue weighted by Gasteiger charge is 2.31. The largest absolute Gasteiger partial charge is 0.490 e. The Morgan fingerprint density at radius 2 is 1.90 bits per heavy atom. The predicted molar refractivity (Wildman–Crippen MR) is 147 cm³/mol. The van der Waals surface area contributed by atoms with Crippen LogP contribution in [0.4, 0.5) is 5.69 Å². The Kier molecular flexibility index (Phi) is 8.51. The van der Waals surface area contributed by atoms with Crippen LogP contribution in [-0.4, -0.2) is 42.9 Å². The highest BCUT2D eigenvalue weighted by molar-refractivity contribution is 9.10. The number of ether oxygens (including phenoxy) is 4. The van der Waals surface area contributed by atoms with Crippen LogP contribution in [0.25, 0.3) is 6.08 Å². The fraction of sp³-hybridized carbons (Fsp3) is 0.269. The molecule has 0 fully saturated rings. The van der Waals surface area contributed by atoms with Crippen molar-refractivity contribution in [3.63, 3.8) is 0 Å². The molecule has 11 nitrogen and oxygen atoms in total. The smallest absolute Gasteiger partial charge is 0.337 e. The molecule has 0 bridgehead atoms. The summed E-state index contributed by atoms with van der Waals surface area (Å²) in [7, 11) is 2.59. The van der Waals surface area contributed by atoms with Crippen molar-refractivity contribution in [2.24, 2.45) is 4.99 Å². The topological polar surface area (TPSA) is 131 Å². The van der Waals surface area contributed by atoms with Gasteiger partial charge < -0.3 is 18.9 Å². The highest BCUT2D eigenvalue weighted by Crippen LogP contribution is 2.37. The van der Waals surface area contributed by atoms with Gasteiger partial charge in [-0.15, -0.1) is 0 Å². The molecule has 0 aliphatic carbocycles. The van der Waals surface area contributed by atoms with E-state index >= 15 is 0 Å². The summed E-state index contributed by atoms with van der Waals surface area (Å²) in [5.41, 5.74) is 0.465. The van der Waals surface area contributed by atoms with Crippen LogP contribution in [0, 0.1) is 10.1 Å². The predicted octanol–water partition coefficient (Wildman–Crippen LogP) is 3.49. The van der Waals surface area contributed by atoms with Crippen LogP contribution in [0.3, 0.4) is 0 Å². The van der Waals surface area contributed by atoms with E-state index < -0.39 is 22.5 Å². The summed E-state index contributed by atoms with van der Waals surface area (Å²) in [6.07, 6.45) is 2.92. The van der Waals surface area contributed by atoms with Gasteiger partial charge in [0, 0.05) is 12.3 Å². The van der Waals surface area contributed by atoms with E-state index in [0.717, 1.165) is 11.3 Å². The van der Waals surface area contributed by atoms with Crippen molar-refractivity contribution in [3.05, 3.63) is 87.5 Å². The van der Waals surface area contributed by atoms with Gasteiger partial charge in [0.15, 0.2) is 16.3 Å². The number of esters is 1. The normalized spacial score (nSPS) is 14.6. The zero-order chi connectivity index (χ0) is 28.3. The highest BCUT2D eigenvalue weighted by atomic mass is 79.9. The third-order valence-electron chi connectivity index (χ3n) is 5.75. The first-order chi connectivity index (χ1) is 18.7. The number of nitro groups is 1. The van der Waals surface area contributed by atoms with Crippen molar-refractivity contribution < 1.29 is 28.7 Å². The lowest BCUT2D eigenvalue weighted by atomic mass is 9.97. The molecule has 1 atom stereocenters. The van der Waals surface area contributed by atoms with Crippen LogP contribution in [-0.2, 0) is 9.53 Å². The second-order valence-corrected chi connectivity index (χ2v) is 9.92. The minimum Gasteiger partial charge on any atom is -0.490 e. The zero-order valence-corrected chi connectivity index (χ0v) is 23.8. The number of carbonyl (C=O) groups is 1. The lowest BCUT2D eigenvalue weighted by molar-refractivity contribution is -0.385. The number of halogens is 1. The lowest BCUT2D eigenvalue weighted by Crippen LogP contribution is -2.39. The molecule has 1 aromatic heterocycles. The zero-order valence-electron chi connectivity index (χ0n) is 21.4. The monoisotopic (exact) mass is 617 g/mol. The molecule has 0 saturated carbocycles. The Morgan fingerprint density at radius 1 is 1.18 bits per heavy atom. The number of carbonyl (C=O) groups excluding carboxylic acids is 1. The minimum atomic E-state index is -0.859. The third kappa shape index (κ3) is 5.45. The lowest BCUT2D eigenvalue weighted by Gasteiger charge is -2.23. The van der Waals surface area contributed by atoms with Gasteiger partial charge in [-0.2, -0.15) is 0 Å². The average molecular weight is 618 g/mol. The molecular weight excluding hydrogens is 594 g/mol. The van der Waals surface area contributed by atoms with Crippen LogP contribution >= 0.6 is 27.3 Å². The van der Waals surface area contributed by atoms with Crippen molar-refractivity contribution in [3.8, 4) is 17.2 Å². The summed E-state index contributed by atoms with van der Waals surface area (Å²) in [5.74, 6) is 0.433. The molecule has 0 amide bonds. The van der Waals surface area contributed by atoms with Crippen molar-refractivity contribution in [2.45, 2.75) is 19.9 Å². The van der Waals surface area contributed by atoms with Gasteiger partial charge in [-0.25, -0.2) is 9.79 Å². The fourth-order valence-electron chi connectivity index (χ4n) is 4.16. The summed E-state index contributed by atoms with van der Waals surface area (Å²) in [6.45, 7) is 4.51. The molecule has 13 heteroatoms. The molecule has 3 aromatic rings. The van der Waals surface area contributed by atoms with Gasteiger partial charge in [0.25, 0.3) is 5.56 Å². The first-order valence-electron chi connectivity index (χ1n) is 11.7. The molecule has 0 N–H and O–H groups in total. The molecular formula is C26H24BrN3O8S. The molecule has 0 spiro atoms. The molecule has 2 heterocycles. The van der Waals surface area contributed by atoms with E-state index in [2.05, 4.69) is 20.9 Å². The Balaban J connectivity index is 1.92. The molecule has 4 rings (SSSR count). The van der Waals surface area contributed by atoms with Gasteiger partial charge in [-0.1, -0.05) is 17.4 Å². The first kappa shape index (κ1) is 28.0. The van der Waals surface area contributed by atoms with Crippen LogP contribution in [0.1, 0.15) is 31.0 Å². The molecule has 204 valence electrons. The molecule has 1 aliphatic heterocycles. The molecule has 39 heavy (non-hydrogen) atoms. The Morgan fingerprint density at radius 3 is 2.54 bits per heavy atom. The Bertz CT molecular complexity index is 1660. The number of hydrogen-bond donors (Lipinski definition) is 0. The maximum Gasteiger partial charge on any atom is 0.337 e. The van der Waals surface area contributed by atoms with E-state index in [4.69, 9.17) is 18.9 Å². The maximum absolute atomic E-state index is 13.7. The van der Waals surface area contributed by atoms with E-state index in [0.29, 0.717) is 45.1 Å². The van der Waals surface area contributed by atoms with Crippen LogP contribution < -0.4 is 29.1 Å². The minimum absolute atomic E-state index is 0.0712. The first-order valence-corrected chi connectivity index (χ1v) is 13.4. The molecule has 1 aliphatic rings. The third-order valence-corrected chi connectivity index (χ3v) is 7.34. The van der Waals surface area contributed by atoms with E-state index in [1.54, 1.807) is 24.3 Å². The average Bonchev–Trinajstić information content (AvgIpc) is 3.23. The second-order valence-electron chi connectivity index (χ2n) is 8.06. The summed E-state index contributed by atoms with van der Waals surface area (Å²) in [4.78, 5) is 42.2. The van der Waals surface area contributed by atoms with Gasteiger partial charge in [0.2, 0.25) is 5.75 Å². The molecule has 0 unspecified atom stereocenters. The standard InChI is InChI=1S/C26H24BrN3O8S/c1-5-37-19-8-7-15(12-20(19)38-6-2)22-16(25(32)36-4)13-28-26-29(22)24(31)21(39-26)11-14-9-17(27)23(35-3)18(10-14)30(33)34/h7-13,22H,5-6H2,1-4H3/b21-11-/t22-/m0/s1. The van der Waals surface area contributed by atoms with Crippen LogP contribution in [0.15, 0.2) is 56.4 Å². The van der Waals surface area contributed by atoms with Crippen LogP contribution in [0.2, 0.25) is 0 Å². The molecule has 2 aromatic carbocycles. The number of fused-ring (bicyclic) bond motifs is 1. The summed E-state index contributed by atoms with van der Waals surface area (Å²) < 4.78 is 23.6. The number of nitro benzene ring substituents is 1. The van der Waals surface area contributed by atoms with E-state index in [1.807, 2.05) is 13.8 Å². The molecule has 0 radical (unpaired) electrons. The number of nitrogens with zero attached hydrogens (tertiary/aromatic N) is 3. The number of methoxy groups -OCH3 is 2. The number of thiazole rings is 1. The second kappa shape index (κ2) is 11.8. The summed E-state index contributed by atoms with van der Waals surface area (Å²) in [6, 6.07) is 7.28. The number of hydrogen-bond acceptors (Lipinski definition) is 10. The van der Waals surface area contributed by atoms with Gasteiger partial charge in [0.1, 0.15) is 0 Å². The SMILES string of the molecule is CCOc1ccc([C@H]2C(C(=O)OC)=CN=c3s/c(=C\c4cc(Br)c(OC)c([N+](=O)[O-])c4)c(=O)n32)cc1OCC. The van der Waals surface area contributed by atoms with E-state index in [1.165, 1.54) is 37.1 Å². The summed E-state index contributed by atoms with van der Waals surface area (Å²) >= 11 is 4.39. The van der Waals surface area contributed by atoms with Crippen molar-refractivity contribution >= 4 is 45.0 Å². The van der Waals surface area contributed by atoms with Crippen molar-refractivity contribution in [1.82, 2.24) is 4.57 Å². The summed E-state index contributed by atoms with van der Waals surface area (Å²) in [5, 5.41) is 11.6. The van der Waals surface area contributed by atoms with E-state index in [9.17, 15) is 19.7 Å². The van der Waals surface area contributed by atoms with Gasteiger partial charge >= 0.3 is 11.7 Å².